The van der Waals surface area contributed by atoms with Crippen molar-refractivity contribution in [2.45, 2.75) is 19.9 Å². The molecule has 0 saturated heterocycles. The Bertz CT molecular complexity index is 341. The maximum absolute atomic E-state index is 5.43. The molecule has 0 aliphatic rings. The fourth-order valence-corrected chi connectivity index (χ4v) is 1.43. The molecule has 0 aromatic carbocycles. The lowest BCUT2D eigenvalue weighted by molar-refractivity contribution is 0.614. The third-order valence-corrected chi connectivity index (χ3v) is 2.56. The lowest BCUT2D eigenvalue weighted by Gasteiger charge is -2.18. The van der Waals surface area contributed by atoms with E-state index in [-0.39, 0.29) is 6.04 Å². The van der Waals surface area contributed by atoms with Crippen LogP contribution in [0.25, 0.3) is 0 Å². The largest absolute Gasteiger partial charge is 0.370 e. The van der Waals surface area contributed by atoms with Gasteiger partial charge in [0, 0.05) is 12.4 Å². The fourth-order valence-electron chi connectivity index (χ4n) is 1.06. The van der Waals surface area contributed by atoms with E-state index >= 15 is 0 Å². The van der Waals surface area contributed by atoms with E-state index in [2.05, 4.69) is 46.0 Å². The summed E-state index contributed by atoms with van der Waals surface area (Å²) in [6.07, 6.45) is 8.91. The number of rotatable bonds is 3. The predicted octanol–water partition coefficient (Wildman–Crippen LogP) is 2.91. The van der Waals surface area contributed by atoms with Crippen LogP contribution in [0.5, 0.6) is 0 Å². The molecule has 0 saturated carbocycles. The van der Waals surface area contributed by atoms with Gasteiger partial charge in [0.15, 0.2) is 0 Å². The number of hydrogen-bond acceptors (Lipinski definition) is 2. The zero-order valence-corrected chi connectivity index (χ0v) is 9.88. The Balaban J connectivity index is 2.78. The van der Waals surface area contributed by atoms with E-state index in [1.165, 1.54) is 0 Å². The van der Waals surface area contributed by atoms with Crippen LogP contribution < -0.4 is 5.32 Å². The molecule has 1 aromatic rings. The van der Waals surface area contributed by atoms with Gasteiger partial charge in [0.2, 0.25) is 0 Å². The average molecular weight is 253 g/mol. The molecule has 1 heterocycles. The van der Waals surface area contributed by atoms with Crippen molar-refractivity contribution in [2.75, 3.05) is 5.32 Å². The minimum Gasteiger partial charge on any atom is -0.370 e. The lowest BCUT2D eigenvalue weighted by atomic mass is 10.1. The Morgan fingerprint density at radius 3 is 2.79 bits per heavy atom. The van der Waals surface area contributed by atoms with Gasteiger partial charge in [0.05, 0.1) is 16.2 Å². The van der Waals surface area contributed by atoms with Crippen LogP contribution in [0.2, 0.25) is 0 Å². The van der Waals surface area contributed by atoms with Crippen LogP contribution in [0.15, 0.2) is 22.9 Å². The van der Waals surface area contributed by atoms with Crippen molar-refractivity contribution in [3.05, 3.63) is 22.9 Å². The maximum Gasteiger partial charge on any atom is 0.0897 e. The van der Waals surface area contributed by atoms with E-state index in [4.69, 9.17) is 6.42 Å². The minimum atomic E-state index is 0.0497. The summed E-state index contributed by atoms with van der Waals surface area (Å²) in [7, 11) is 0. The van der Waals surface area contributed by atoms with Crippen molar-refractivity contribution in [3.63, 3.8) is 0 Å². The van der Waals surface area contributed by atoms with E-state index in [1.54, 1.807) is 12.4 Å². The van der Waals surface area contributed by atoms with Crippen molar-refractivity contribution in [1.29, 1.82) is 0 Å². The molecule has 0 fully saturated rings. The van der Waals surface area contributed by atoms with Gasteiger partial charge in [-0.25, -0.2) is 0 Å². The zero-order valence-electron chi connectivity index (χ0n) is 8.29. The van der Waals surface area contributed by atoms with Gasteiger partial charge in [-0.3, -0.25) is 4.98 Å². The summed E-state index contributed by atoms with van der Waals surface area (Å²) in [6.45, 7) is 4.18. The number of nitrogens with one attached hydrogen (secondary N) is 1. The molecule has 1 rings (SSSR count). The Hall–Kier alpha value is -1.01. The number of pyridine rings is 1. The summed E-state index contributed by atoms with van der Waals surface area (Å²) in [6, 6.07) is 1.95. The molecule has 74 valence electrons. The molecule has 0 amide bonds. The van der Waals surface area contributed by atoms with E-state index in [0.717, 1.165) is 10.2 Å². The molecule has 1 atom stereocenters. The maximum atomic E-state index is 5.43. The van der Waals surface area contributed by atoms with Crippen molar-refractivity contribution in [2.24, 2.45) is 5.92 Å². The molecule has 0 spiro atoms. The summed E-state index contributed by atoms with van der Waals surface area (Å²) >= 11 is 3.41. The van der Waals surface area contributed by atoms with Gasteiger partial charge in [-0.05, 0) is 27.9 Å². The predicted molar refractivity (Wildman–Crippen MR) is 63.0 cm³/mol. The van der Waals surface area contributed by atoms with E-state index in [1.807, 2.05) is 6.07 Å². The highest BCUT2D eigenvalue weighted by Crippen LogP contribution is 2.21. The van der Waals surface area contributed by atoms with Crippen LogP contribution in [-0.4, -0.2) is 11.0 Å². The Morgan fingerprint density at radius 2 is 2.29 bits per heavy atom. The second-order valence-corrected chi connectivity index (χ2v) is 4.24. The summed E-state index contributed by atoms with van der Waals surface area (Å²) < 4.78 is 0.931. The van der Waals surface area contributed by atoms with Gasteiger partial charge < -0.3 is 5.32 Å². The van der Waals surface area contributed by atoms with Crippen molar-refractivity contribution < 1.29 is 0 Å². The standard InChI is InChI=1S/C11H13BrN2/c1-4-10(8(2)3)14-11-5-6-13-7-9(11)12/h1,5-8,10H,2-3H3,(H,13,14). The first kappa shape index (κ1) is 11.1. The fraction of sp³-hybridized carbons (Fsp3) is 0.364. The molecule has 0 aliphatic heterocycles. The van der Waals surface area contributed by atoms with Crippen molar-refractivity contribution in [1.82, 2.24) is 4.98 Å². The quantitative estimate of drug-likeness (QED) is 0.838. The van der Waals surface area contributed by atoms with Crippen LogP contribution in [0.3, 0.4) is 0 Å². The molecule has 0 bridgehead atoms. The third-order valence-electron chi connectivity index (χ3n) is 1.93. The molecular weight excluding hydrogens is 240 g/mol. The second-order valence-electron chi connectivity index (χ2n) is 3.39. The van der Waals surface area contributed by atoms with Crippen molar-refractivity contribution >= 4 is 21.6 Å². The monoisotopic (exact) mass is 252 g/mol. The molecule has 0 radical (unpaired) electrons. The van der Waals surface area contributed by atoms with Gasteiger partial charge in [-0.1, -0.05) is 19.8 Å². The molecule has 14 heavy (non-hydrogen) atoms. The van der Waals surface area contributed by atoms with Crippen LogP contribution in [0.4, 0.5) is 5.69 Å². The Morgan fingerprint density at radius 1 is 1.57 bits per heavy atom. The number of halogens is 1. The normalized spacial score (nSPS) is 12.2. The number of nitrogens with zero attached hydrogens (tertiary/aromatic N) is 1. The molecule has 1 N–H and O–H groups in total. The Kier molecular flexibility index (Phi) is 3.97. The van der Waals surface area contributed by atoms with Gasteiger partial charge >= 0.3 is 0 Å². The second kappa shape index (κ2) is 5.02. The minimum absolute atomic E-state index is 0.0497. The Labute approximate surface area is 93.3 Å². The number of aromatic nitrogens is 1. The molecule has 3 heteroatoms. The summed E-state index contributed by atoms with van der Waals surface area (Å²) in [5.74, 6) is 3.13. The molecule has 0 aliphatic carbocycles. The molecule has 2 nitrogen and oxygen atoms in total. The topological polar surface area (TPSA) is 24.9 Å². The van der Waals surface area contributed by atoms with E-state index < -0.39 is 0 Å². The van der Waals surface area contributed by atoms with Crippen LogP contribution in [0.1, 0.15) is 13.8 Å². The first-order chi connectivity index (χ1) is 6.65. The highest BCUT2D eigenvalue weighted by atomic mass is 79.9. The van der Waals surface area contributed by atoms with Gasteiger partial charge in [0.1, 0.15) is 0 Å². The lowest BCUT2D eigenvalue weighted by Crippen LogP contribution is -2.23. The first-order valence-corrected chi connectivity index (χ1v) is 5.26. The summed E-state index contributed by atoms with van der Waals surface area (Å²) in [4.78, 5) is 3.98. The van der Waals surface area contributed by atoms with Crippen LogP contribution in [0, 0.1) is 18.3 Å². The number of hydrogen-bond donors (Lipinski definition) is 1. The smallest absolute Gasteiger partial charge is 0.0897 e. The highest BCUT2D eigenvalue weighted by molar-refractivity contribution is 9.10. The molecule has 1 aromatic heterocycles. The highest BCUT2D eigenvalue weighted by Gasteiger charge is 2.10. The van der Waals surface area contributed by atoms with E-state index in [0.29, 0.717) is 5.92 Å². The number of terminal acetylenes is 1. The number of anilines is 1. The van der Waals surface area contributed by atoms with Crippen LogP contribution in [-0.2, 0) is 0 Å². The van der Waals surface area contributed by atoms with Gasteiger partial charge in [0.25, 0.3) is 0 Å². The van der Waals surface area contributed by atoms with Gasteiger partial charge in [-0.15, -0.1) is 6.42 Å². The van der Waals surface area contributed by atoms with Gasteiger partial charge in [-0.2, -0.15) is 0 Å². The van der Waals surface area contributed by atoms with Crippen molar-refractivity contribution in [3.8, 4) is 12.3 Å². The summed E-state index contributed by atoms with van der Waals surface area (Å²) in [5, 5.41) is 3.27. The summed E-state index contributed by atoms with van der Waals surface area (Å²) in [5.41, 5.74) is 0.983. The third kappa shape index (κ3) is 2.74. The SMILES string of the molecule is C#CC(Nc1ccncc1Br)C(C)C. The van der Waals surface area contributed by atoms with E-state index in [9.17, 15) is 0 Å². The molecular formula is C11H13BrN2. The zero-order chi connectivity index (χ0) is 10.6. The van der Waals surface area contributed by atoms with Crippen LogP contribution >= 0.6 is 15.9 Å². The average Bonchev–Trinajstić information content (AvgIpc) is 2.16. The first-order valence-electron chi connectivity index (χ1n) is 4.47. The molecule has 1 unspecified atom stereocenters.